The minimum atomic E-state index is 0.192. The van der Waals surface area contributed by atoms with Crippen molar-refractivity contribution in [3.8, 4) is 0 Å². The molecule has 0 fully saturated rings. The number of rotatable bonds is 5. The van der Waals surface area contributed by atoms with E-state index in [-0.39, 0.29) is 5.76 Å². The first kappa shape index (κ1) is 12.2. The Morgan fingerprint density at radius 1 is 1.14 bits per heavy atom. The summed E-state index contributed by atoms with van der Waals surface area (Å²) in [5.41, 5.74) is 1.43. The number of hydrogen-bond donors (Lipinski definition) is 1. The van der Waals surface area contributed by atoms with Gasteiger partial charge in [-0.1, -0.05) is 50.1 Å². The molecule has 0 saturated heterocycles. The molecule has 1 N–H and O–H groups in total. The standard InChI is InChI=1S/C13H16O/c1-5-11(3)9-7-8-10-12(4)13(14)6-2/h5-10,14H,1,3-4H2,2H3/b9-7-,10-8-,13-6+. The lowest BCUT2D eigenvalue weighted by Gasteiger charge is -1.94. The largest absolute Gasteiger partial charge is 0.508 e. The van der Waals surface area contributed by atoms with Crippen LogP contribution in [0.25, 0.3) is 0 Å². The van der Waals surface area contributed by atoms with Crippen molar-refractivity contribution in [1.29, 1.82) is 0 Å². The molecule has 1 heteroatoms. The molecule has 0 spiro atoms. The van der Waals surface area contributed by atoms with Crippen LogP contribution in [0, 0.1) is 0 Å². The molecule has 14 heavy (non-hydrogen) atoms. The summed E-state index contributed by atoms with van der Waals surface area (Å²) < 4.78 is 0. The van der Waals surface area contributed by atoms with Crippen LogP contribution in [0.15, 0.2) is 73.1 Å². The van der Waals surface area contributed by atoms with Crippen molar-refractivity contribution in [2.75, 3.05) is 0 Å². The highest BCUT2D eigenvalue weighted by atomic mass is 16.3. The fourth-order valence-electron chi connectivity index (χ4n) is 0.690. The normalized spacial score (nSPS) is 12.2. The maximum atomic E-state index is 9.23. The molecule has 0 rings (SSSR count). The zero-order chi connectivity index (χ0) is 11.0. The first-order valence-corrected chi connectivity index (χ1v) is 4.32. The zero-order valence-electron chi connectivity index (χ0n) is 8.53. The Hall–Kier alpha value is -1.76. The van der Waals surface area contributed by atoms with E-state index in [1.54, 1.807) is 31.2 Å². The molecule has 0 bridgehead atoms. The van der Waals surface area contributed by atoms with Crippen LogP contribution < -0.4 is 0 Å². The lowest BCUT2D eigenvalue weighted by atomic mass is 10.2. The number of aliphatic hydroxyl groups excluding tert-OH is 1. The van der Waals surface area contributed by atoms with Gasteiger partial charge in [-0.15, -0.1) is 0 Å². The molecule has 1 nitrogen and oxygen atoms in total. The van der Waals surface area contributed by atoms with E-state index in [9.17, 15) is 5.11 Å². The lowest BCUT2D eigenvalue weighted by molar-refractivity contribution is 0.425. The van der Waals surface area contributed by atoms with Crippen molar-refractivity contribution in [2.24, 2.45) is 0 Å². The first-order valence-electron chi connectivity index (χ1n) is 4.32. The topological polar surface area (TPSA) is 20.2 Å². The lowest BCUT2D eigenvalue weighted by Crippen LogP contribution is -1.80. The molecule has 0 amide bonds. The molecule has 0 aliphatic rings. The highest BCUT2D eigenvalue weighted by Gasteiger charge is 1.90. The molecule has 0 aliphatic carbocycles. The van der Waals surface area contributed by atoms with Gasteiger partial charge in [-0.05, 0) is 18.6 Å². The second kappa shape index (κ2) is 6.72. The van der Waals surface area contributed by atoms with Crippen LogP contribution in [0.2, 0.25) is 0 Å². The van der Waals surface area contributed by atoms with Gasteiger partial charge in [0.25, 0.3) is 0 Å². The molecule has 0 aromatic carbocycles. The van der Waals surface area contributed by atoms with Crippen LogP contribution in [0.1, 0.15) is 6.92 Å². The predicted molar refractivity (Wildman–Crippen MR) is 63.1 cm³/mol. The number of hydrogen-bond acceptors (Lipinski definition) is 1. The van der Waals surface area contributed by atoms with Crippen LogP contribution in [0.3, 0.4) is 0 Å². The van der Waals surface area contributed by atoms with Gasteiger partial charge in [0.1, 0.15) is 5.76 Å². The average molecular weight is 188 g/mol. The van der Waals surface area contributed by atoms with E-state index in [4.69, 9.17) is 0 Å². The van der Waals surface area contributed by atoms with Crippen LogP contribution in [-0.2, 0) is 0 Å². The Labute approximate surface area is 85.8 Å². The summed E-state index contributed by atoms with van der Waals surface area (Å²) in [6.07, 6.45) is 10.4. The molecule has 0 radical (unpaired) electrons. The number of aliphatic hydroxyl groups is 1. The third-order valence-corrected chi connectivity index (χ3v) is 1.58. The third-order valence-electron chi connectivity index (χ3n) is 1.58. The minimum absolute atomic E-state index is 0.192. The third kappa shape index (κ3) is 4.99. The average Bonchev–Trinajstić information content (AvgIpc) is 2.22. The van der Waals surface area contributed by atoms with E-state index in [0.29, 0.717) is 5.57 Å². The quantitative estimate of drug-likeness (QED) is 0.513. The van der Waals surface area contributed by atoms with Crippen molar-refractivity contribution in [1.82, 2.24) is 0 Å². The Kier molecular flexibility index (Phi) is 5.88. The van der Waals surface area contributed by atoms with Crippen LogP contribution >= 0.6 is 0 Å². The molecule has 74 valence electrons. The summed E-state index contributed by atoms with van der Waals surface area (Å²) in [6.45, 7) is 12.7. The van der Waals surface area contributed by atoms with Gasteiger partial charge in [0, 0.05) is 5.57 Å². The van der Waals surface area contributed by atoms with E-state index < -0.39 is 0 Å². The molecule has 0 aromatic heterocycles. The van der Waals surface area contributed by atoms with Gasteiger partial charge >= 0.3 is 0 Å². The van der Waals surface area contributed by atoms with Gasteiger partial charge in [-0.2, -0.15) is 0 Å². The van der Waals surface area contributed by atoms with E-state index in [0.717, 1.165) is 5.57 Å². The molecule has 0 aliphatic heterocycles. The second-order valence-corrected chi connectivity index (χ2v) is 2.70. The van der Waals surface area contributed by atoms with Crippen molar-refractivity contribution >= 4 is 0 Å². The zero-order valence-corrected chi connectivity index (χ0v) is 8.53. The van der Waals surface area contributed by atoms with E-state index >= 15 is 0 Å². The maximum Gasteiger partial charge on any atom is 0.117 e. The summed E-state index contributed by atoms with van der Waals surface area (Å²) in [5.74, 6) is 0.192. The van der Waals surface area contributed by atoms with Crippen LogP contribution in [0.4, 0.5) is 0 Å². The molecule has 0 atom stereocenters. The summed E-state index contributed by atoms with van der Waals surface area (Å²) in [4.78, 5) is 0. The van der Waals surface area contributed by atoms with Gasteiger partial charge in [-0.3, -0.25) is 0 Å². The molecule has 0 unspecified atom stereocenters. The Morgan fingerprint density at radius 2 is 1.71 bits per heavy atom. The van der Waals surface area contributed by atoms with Gasteiger partial charge < -0.3 is 5.11 Å². The van der Waals surface area contributed by atoms with Crippen molar-refractivity contribution in [2.45, 2.75) is 6.92 Å². The van der Waals surface area contributed by atoms with Crippen LogP contribution in [-0.4, -0.2) is 5.11 Å². The smallest absolute Gasteiger partial charge is 0.117 e. The first-order chi connectivity index (χ1) is 6.61. The fourth-order valence-corrected chi connectivity index (χ4v) is 0.690. The molecule has 0 aromatic rings. The summed E-state index contributed by atoms with van der Waals surface area (Å²) in [6, 6.07) is 0. The molecular weight excluding hydrogens is 172 g/mol. The highest BCUT2D eigenvalue weighted by Crippen LogP contribution is 2.04. The predicted octanol–water partition coefficient (Wildman–Crippen LogP) is 3.86. The van der Waals surface area contributed by atoms with Gasteiger partial charge in [0.15, 0.2) is 0 Å². The summed E-state index contributed by atoms with van der Waals surface area (Å²) >= 11 is 0. The Balaban J connectivity index is 4.20. The molecule has 0 heterocycles. The highest BCUT2D eigenvalue weighted by molar-refractivity contribution is 5.35. The van der Waals surface area contributed by atoms with E-state index in [1.807, 2.05) is 12.2 Å². The SMILES string of the molecule is C=CC(=C)/C=C\C=C/C(=C)/C(O)=C\C. The summed E-state index contributed by atoms with van der Waals surface area (Å²) in [7, 11) is 0. The maximum absolute atomic E-state index is 9.23. The van der Waals surface area contributed by atoms with E-state index in [1.165, 1.54) is 0 Å². The Morgan fingerprint density at radius 3 is 2.21 bits per heavy atom. The molecular formula is C13H16O. The van der Waals surface area contributed by atoms with Gasteiger partial charge in [0.2, 0.25) is 0 Å². The van der Waals surface area contributed by atoms with E-state index in [2.05, 4.69) is 19.7 Å². The van der Waals surface area contributed by atoms with Crippen molar-refractivity contribution < 1.29 is 5.11 Å². The minimum Gasteiger partial charge on any atom is -0.508 e. The van der Waals surface area contributed by atoms with Crippen molar-refractivity contribution in [3.63, 3.8) is 0 Å². The van der Waals surface area contributed by atoms with Crippen LogP contribution in [0.5, 0.6) is 0 Å². The number of allylic oxidation sites excluding steroid dienone is 7. The second-order valence-electron chi connectivity index (χ2n) is 2.70. The van der Waals surface area contributed by atoms with Gasteiger partial charge in [0.05, 0.1) is 0 Å². The summed E-state index contributed by atoms with van der Waals surface area (Å²) in [5, 5.41) is 9.23. The van der Waals surface area contributed by atoms with Gasteiger partial charge in [-0.25, -0.2) is 0 Å². The Bertz CT molecular complexity index is 314. The molecule has 0 saturated carbocycles. The fraction of sp³-hybridized carbons (Fsp3) is 0.0769. The van der Waals surface area contributed by atoms with Crippen molar-refractivity contribution in [3.05, 3.63) is 73.1 Å². The monoisotopic (exact) mass is 188 g/mol.